The number of ether oxygens (including phenoxy) is 1. The number of thiazole rings is 1. The summed E-state index contributed by atoms with van der Waals surface area (Å²) in [4.78, 5) is 33.4. The van der Waals surface area contributed by atoms with Gasteiger partial charge in [-0.25, -0.2) is 9.78 Å². The van der Waals surface area contributed by atoms with Crippen LogP contribution in [0.2, 0.25) is 10.0 Å². The molecule has 2 atom stereocenters. The number of rotatable bonds is 8. The van der Waals surface area contributed by atoms with Gasteiger partial charge in [-0.15, -0.1) is 11.3 Å². The van der Waals surface area contributed by atoms with Gasteiger partial charge in [0.15, 0.2) is 0 Å². The van der Waals surface area contributed by atoms with E-state index >= 15 is 0 Å². The predicted molar refractivity (Wildman–Crippen MR) is 154 cm³/mol. The second-order valence-corrected chi connectivity index (χ2v) is 11.1. The van der Waals surface area contributed by atoms with Crippen LogP contribution in [0.25, 0.3) is 11.3 Å². The van der Waals surface area contributed by atoms with Crippen molar-refractivity contribution in [3.05, 3.63) is 98.3 Å². The van der Waals surface area contributed by atoms with Crippen LogP contribution in [0.15, 0.2) is 77.7 Å². The van der Waals surface area contributed by atoms with E-state index < -0.39 is 17.3 Å². The zero-order valence-corrected chi connectivity index (χ0v) is 23.3. The summed E-state index contributed by atoms with van der Waals surface area (Å²) in [6.07, 6.45) is 5.12. The van der Waals surface area contributed by atoms with Crippen molar-refractivity contribution in [2.45, 2.75) is 11.3 Å². The number of aliphatic carboxylic acids is 1. The third-order valence-electron chi connectivity index (χ3n) is 6.94. The summed E-state index contributed by atoms with van der Waals surface area (Å²) >= 11 is 13.6. The number of nitrogens with one attached hydrogen (secondary N) is 1. The molecule has 10 heteroatoms. The molecule has 2 heterocycles. The molecular weight excluding hydrogens is 557 g/mol. The number of carbonyl (C=O) groups is 2. The topological polar surface area (TPSA) is 91.8 Å². The minimum Gasteiger partial charge on any atom is -0.478 e. The summed E-state index contributed by atoms with van der Waals surface area (Å²) in [6.45, 7) is 4.04. The van der Waals surface area contributed by atoms with Gasteiger partial charge in [-0.1, -0.05) is 71.8 Å². The van der Waals surface area contributed by atoms with Crippen LogP contribution in [0.4, 0.5) is 0 Å². The van der Waals surface area contributed by atoms with Gasteiger partial charge in [-0.2, -0.15) is 0 Å². The van der Waals surface area contributed by atoms with E-state index in [0.717, 1.165) is 24.2 Å². The Morgan fingerprint density at radius 3 is 2.62 bits per heavy atom. The molecule has 0 radical (unpaired) electrons. The Morgan fingerprint density at radius 2 is 1.90 bits per heavy atom. The lowest BCUT2D eigenvalue weighted by Gasteiger charge is -2.31. The Labute approximate surface area is 240 Å². The van der Waals surface area contributed by atoms with Gasteiger partial charge in [0.2, 0.25) is 5.91 Å². The molecule has 3 aromatic rings. The quantitative estimate of drug-likeness (QED) is 0.355. The monoisotopic (exact) mass is 583 g/mol. The fourth-order valence-electron chi connectivity index (χ4n) is 4.80. The minimum absolute atomic E-state index is 0.123. The average molecular weight is 585 g/mol. The van der Waals surface area contributed by atoms with E-state index in [1.807, 2.05) is 41.8 Å². The summed E-state index contributed by atoms with van der Waals surface area (Å²) in [5, 5.41) is 16.4. The molecule has 2 aliphatic rings. The van der Waals surface area contributed by atoms with Gasteiger partial charge >= 0.3 is 5.97 Å². The lowest BCUT2D eigenvalue weighted by atomic mass is 9.75. The number of carboxylic acids is 1. The maximum atomic E-state index is 13.9. The minimum atomic E-state index is -1.39. The van der Waals surface area contributed by atoms with Gasteiger partial charge in [0, 0.05) is 48.6 Å². The molecule has 1 aliphatic carbocycles. The maximum absolute atomic E-state index is 13.9. The highest BCUT2D eigenvalue weighted by Gasteiger charge is 2.43. The SMILES string of the molecule is O=C(O)C1=CC(C(=O)NCCN2CCOCC2)(c2nc(-c3ccc(Cl)c(Cl)c3)cs2)C=CC1c1ccccc1. The Kier molecular flexibility index (Phi) is 8.49. The number of allylic oxidation sites excluding steroid dienone is 1. The summed E-state index contributed by atoms with van der Waals surface area (Å²) in [5.41, 5.74) is 0.943. The van der Waals surface area contributed by atoms with Gasteiger partial charge in [-0.3, -0.25) is 9.69 Å². The van der Waals surface area contributed by atoms with Crippen LogP contribution in [0, 0.1) is 0 Å². The molecule has 0 saturated carbocycles. The standard InChI is InChI=1S/C29H27Cl2N3O4S/c30-23-7-6-20(16-24(23)31)25-18-39-28(33-25)29(27(37)32-10-11-34-12-14-38-15-13-34)9-8-21(22(17-29)26(35)36)19-4-2-1-3-5-19/h1-9,16-18,21H,10-15H2,(H,32,37)(H,35,36). The van der Waals surface area contributed by atoms with E-state index in [4.69, 9.17) is 32.9 Å². The van der Waals surface area contributed by atoms with E-state index in [-0.39, 0.29) is 11.5 Å². The Bertz CT molecular complexity index is 1420. The second kappa shape index (κ2) is 12.0. The number of morpholine rings is 1. The van der Waals surface area contributed by atoms with Crippen LogP contribution in [0.3, 0.4) is 0 Å². The van der Waals surface area contributed by atoms with Crippen molar-refractivity contribution in [3.63, 3.8) is 0 Å². The van der Waals surface area contributed by atoms with Crippen molar-refractivity contribution >= 4 is 46.4 Å². The van der Waals surface area contributed by atoms with E-state index in [0.29, 0.717) is 47.1 Å². The van der Waals surface area contributed by atoms with Crippen LogP contribution >= 0.6 is 34.5 Å². The lowest BCUT2D eigenvalue weighted by Crippen LogP contribution is -2.47. The molecule has 2 unspecified atom stereocenters. The molecule has 0 spiro atoms. The van der Waals surface area contributed by atoms with Gasteiger partial charge in [0.25, 0.3) is 0 Å². The largest absolute Gasteiger partial charge is 0.478 e. The van der Waals surface area contributed by atoms with Gasteiger partial charge in [-0.05, 0) is 23.8 Å². The van der Waals surface area contributed by atoms with E-state index in [2.05, 4.69) is 10.2 Å². The van der Waals surface area contributed by atoms with E-state index in [9.17, 15) is 14.7 Å². The number of halogens is 2. The number of carbonyl (C=O) groups excluding carboxylic acids is 1. The van der Waals surface area contributed by atoms with Crippen LogP contribution in [0.1, 0.15) is 16.5 Å². The Morgan fingerprint density at radius 1 is 1.13 bits per heavy atom. The lowest BCUT2D eigenvalue weighted by molar-refractivity contribution is -0.132. The molecule has 39 heavy (non-hydrogen) atoms. The third kappa shape index (κ3) is 5.95. The first-order valence-corrected chi connectivity index (χ1v) is 14.2. The highest BCUT2D eigenvalue weighted by molar-refractivity contribution is 7.10. The molecule has 5 rings (SSSR count). The zero-order valence-electron chi connectivity index (χ0n) is 21.0. The first kappa shape index (κ1) is 27.6. The smallest absolute Gasteiger partial charge is 0.332 e. The van der Waals surface area contributed by atoms with Crippen LogP contribution in [0.5, 0.6) is 0 Å². The molecule has 1 amide bonds. The van der Waals surface area contributed by atoms with Gasteiger partial charge in [0.1, 0.15) is 10.4 Å². The normalized spacial score (nSPS) is 21.4. The molecule has 1 fully saturated rings. The van der Waals surface area contributed by atoms with E-state index in [1.54, 1.807) is 30.4 Å². The molecule has 7 nitrogen and oxygen atoms in total. The highest BCUT2D eigenvalue weighted by Crippen LogP contribution is 2.42. The number of hydrogen-bond donors (Lipinski definition) is 2. The van der Waals surface area contributed by atoms with Crippen LogP contribution in [-0.4, -0.2) is 66.3 Å². The van der Waals surface area contributed by atoms with Crippen molar-refractivity contribution in [1.82, 2.24) is 15.2 Å². The summed E-state index contributed by atoms with van der Waals surface area (Å²) in [5.74, 6) is -1.90. The third-order valence-corrected chi connectivity index (χ3v) is 8.67. The number of nitrogens with zero attached hydrogens (tertiary/aromatic N) is 2. The summed E-state index contributed by atoms with van der Waals surface area (Å²) in [7, 11) is 0. The molecule has 2 aromatic carbocycles. The summed E-state index contributed by atoms with van der Waals surface area (Å²) < 4.78 is 5.41. The number of aromatic nitrogens is 1. The first-order valence-electron chi connectivity index (χ1n) is 12.6. The number of amides is 1. The number of benzene rings is 2. The molecule has 1 aliphatic heterocycles. The highest BCUT2D eigenvalue weighted by atomic mass is 35.5. The summed E-state index contributed by atoms with van der Waals surface area (Å²) in [6, 6.07) is 14.6. The number of carboxylic acid groups (broad SMARTS) is 1. The second-order valence-electron chi connectivity index (χ2n) is 9.40. The zero-order chi connectivity index (χ0) is 27.4. The fraction of sp³-hybridized carbons (Fsp3) is 0.276. The van der Waals surface area contributed by atoms with Crippen molar-refractivity contribution < 1.29 is 19.4 Å². The van der Waals surface area contributed by atoms with Crippen molar-refractivity contribution in [3.8, 4) is 11.3 Å². The Hall–Kier alpha value is -3.01. The molecular formula is C29H27Cl2N3O4S. The molecule has 0 bridgehead atoms. The fourth-order valence-corrected chi connectivity index (χ4v) is 6.08. The molecule has 202 valence electrons. The number of hydrogen-bond acceptors (Lipinski definition) is 6. The van der Waals surface area contributed by atoms with Crippen LogP contribution < -0.4 is 5.32 Å². The maximum Gasteiger partial charge on any atom is 0.332 e. The van der Waals surface area contributed by atoms with Crippen LogP contribution in [-0.2, 0) is 19.7 Å². The average Bonchev–Trinajstić information content (AvgIpc) is 3.46. The molecule has 2 N–H and O–H groups in total. The van der Waals surface area contributed by atoms with Crippen molar-refractivity contribution in [1.29, 1.82) is 0 Å². The van der Waals surface area contributed by atoms with E-state index in [1.165, 1.54) is 11.3 Å². The molecule has 1 saturated heterocycles. The van der Waals surface area contributed by atoms with Gasteiger partial charge in [0.05, 0.1) is 29.0 Å². The van der Waals surface area contributed by atoms with Crippen molar-refractivity contribution in [2.24, 2.45) is 0 Å². The first-order chi connectivity index (χ1) is 18.9. The predicted octanol–water partition coefficient (Wildman–Crippen LogP) is 5.17. The molecule has 1 aromatic heterocycles. The Balaban J connectivity index is 1.50. The van der Waals surface area contributed by atoms with Gasteiger partial charge < -0.3 is 15.2 Å². The van der Waals surface area contributed by atoms with Crippen molar-refractivity contribution in [2.75, 3.05) is 39.4 Å².